The van der Waals surface area contributed by atoms with E-state index >= 15 is 0 Å². The summed E-state index contributed by atoms with van der Waals surface area (Å²) in [5.41, 5.74) is 5.29. The van der Waals surface area contributed by atoms with Gasteiger partial charge in [0.25, 0.3) is 0 Å². The molecule has 78 valence electrons. The van der Waals surface area contributed by atoms with Gasteiger partial charge in [0.05, 0.1) is 0 Å². The molecule has 0 radical (unpaired) electrons. The van der Waals surface area contributed by atoms with Crippen LogP contribution in [-0.2, 0) is 4.79 Å². The monoisotopic (exact) mass is 186 g/mol. The maximum Gasteiger partial charge on any atom is 0.220 e. The molecule has 0 aromatic heterocycles. The van der Waals surface area contributed by atoms with Gasteiger partial charge in [-0.2, -0.15) is 0 Å². The van der Waals surface area contributed by atoms with Crippen LogP contribution in [-0.4, -0.2) is 19.0 Å². The number of hydrogen-bond donors (Lipinski definition) is 2. The Morgan fingerprint density at radius 2 is 2.00 bits per heavy atom. The van der Waals surface area contributed by atoms with Crippen LogP contribution in [0.15, 0.2) is 0 Å². The molecule has 0 saturated heterocycles. The summed E-state index contributed by atoms with van der Waals surface area (Å²) in [7, 11) is 0. The summed E-state index contributed by atoms with van der Waals surface area (Å²) in [6.07, 6.45) is 6.18. The molecule has 0 saturated carbocycles. The summed E-state index contributed by atoms with van der Waals surface area (Å²) in [5.74, 6) is 0.141. The van der Waals surface area contributed by atoms with Crippen molar-refractivity contribution in [1.29, 1.82) is 0 Å². The topological polar surface area (TPSA) is 55.1 Å². The van der Waals surface area contributed by atoms with Crippen molar-refractivity contribution in [2.75, 3.05) is 13.1 Å². The van der Waals surface area contributed by atoms with Gasteiger partial charge in [-0.3, -0.25) is 4.79 Å². The lowest BCUT2D eigenvalue weighted by molar-refractivity contribution is -0.121. The Balaban J connectivity index is 3.08. The van der Waals surface area contributed by atoms with Crippen LogP contribution in [0.1, 0.15) is 45.4 Å². The van der Waals surface area contributed by atoms with Gasteiger partial charge in [-0.25, -0.2) is 0 Å². The summed E-state index contributed by atoms with van der Waals surface area (Å²) in [6, 6.07) is 0. The van der Waals surface area contributed by atoms with E-state index in [4.69, 9.17) is 5.73 Å². The Kier molecular flexibility index (Phi) is 9.10. The molecule has 0 bridgehead atoms. The van der Waals surface area contributed by atoms with Crippen molar-refractivity contribution < 1.29 is 4.79 Å². The van der Waals surface area contributed by atoms with Crippen LogP contribution >= 0.6 is 0 Å². The van der Waals surface area contributed by atoms with Gasteiger partial charge >= 0.3 is 0 Å². The Hall–Kier alpha value is -0.570. The zero-order chi connectivity index (χ0) is 9.94. The minimum atomic E-state index is 0.141. The predicted molar refractivity (Wildman–Crippen MR) is 55.4 cm³/mol. The first-order valence-electron chi connectivity index (χ1n) is 5.28. The SMILES string of the molecule is CCCCCCNC(=O)CCCN. The van der Waals surface area contributed by atoms with Crippen molar-refractivity contribution >= 4 is 5.91 Å². The summed E-state index contributed by atoms with van der Waals surface area (Å²) < 4.78 is 0. The number of amides is 1. The highest BCUT2D eigenvalue weighted by molar-refractivity contribution is 5.75. The fourth-order valence-electron chi connectivity index (χ4n) is 1.13. The van der Waals surface area contributed by atoms with E-state index in [1.165, 1.54) is 19.3 Å². The van der Waals surface area contributed by atoms with E-state index in [0.29, 0.717) is 13.0 Å². The van der Waals surface area contributed by atoms with Gasteiger partial charge in [0, 0.05) is 13.0 Å². The molecule has 0 rings (SSSR count). The van der Waals surface area contributed by atoms with Gasteiger partial charge < -0.3 is 11.1 Å². The van der Waals surface area contributed by atoms with Crippen LogP contribution < -0.4 is 11.1 Å². The molecule has 0 aliphatic heterocycles. The summed E-state index contributed by atoms with van der Waals surface area (Å²) in [6.45, 7) is 3.60. The second kappa shape index (κ2) is 9.52. The molecule has 0 fully saturated rings. The molecule has 0 aromatic carbocycles. The molecule has 3 N–H and O–H groups in total. The third-order valence-corrected chi connectivity index (χ3v) is 1.96. The second-order valence-electron chi connectivity index (χ2n) is 3.30. The number of carbonyl (C=O) groups is 1. The standard InChI is InChI=1S/C10H22N2O/c1-2-3-4-5-9-12-10(13)7-6-8-11/h2-9,11H2,1H3,(H,12,13). The summed E-state index contributed by atoms with van der Waals surface area (Å²) >= 11 is 0. The van der Waals surface area contributed by atoms with E-state index in [-0.39, 0.29) is 5.91 Å². The predicted octanol–water partition coefficient (Wildman–Crippen LogP) is 1.42. The zero-order valence-electron chi connectivity index (χ0n) is 8.64. The molecule has 0 spiro atoms. The smallest absolute Gasteiger partial charge is 0.220 e. The van der Waals surface area contributed by atoms with Crippen LogP contribution in [0, 0.1) is 0 Å². The molecule has 3 heteroatoms. The van der Waals surface area contributed by atoms with Gasteiger partial charge in [-0.05, 0) is 19.4 Å². The Morgan fingerprint density at radius 1 is 1.23 bits per heavy atom. The van der Waals surface area contributed by atoms with E-state index in [2.05, 4.69) is 12.2 Å². The van der Waals surface area contributed by atoms with Gasteiger partial charge in [0.15, 0.2) is 0 Å². The minimum Gasteiger partial charge on any atom is -0.356 e. The lowest BCUT2D eigenvalue weighted by Crippen LogP contribution is -2.24. The number of unbranched alkanes of at least 4 members (excludes halogenated alkanes) is 3. The van der Waals surface area contributed by atoms with Gasteiger partial charge in [0.2, 0.25) is 5.91 Å². The molecule has 0 aliphatic carbocycles. The lowest BCUT2D eigenvalue weighted by atomic mass is 10.2. The van der Waals surface area contributed by atoms with E-state index in [1.54, 1.807) is 0 Å². The molecule has 0 atom stereocenters. The van der Waals surface area contributed by atoms with Crippen LogP contribution in [0.3, 0.4) is 0 Å². The molecule has 0 unspecified atom stereocenters. The molecule has 1 amide bonds. The zero-order valence-corrected chi connectivity index (χ0v) is 8.64. The molecule has 3 nitrogen and oxygen atoms in total. The quantitative estimate of drug-likeness (QED) is 0.563. The largest absolute Gasteiger partial charge is 0.356 e. The molecule has 0 heterocycles. The minimum absolute atomic E-state index is 0.141. The van der Waals surface area contributed by atoms with Crippen molar-refractivity contribution in [3.8, 4) is 0 Å². The maximum atomic E-state index is 11.1. The number of nitrogens with two attached hydrogens (primary N) is 1. The summed E-state index contributed by atoms with van der Waals surface area (Å²) in [5, 5.41) is 2.88. The normalized spacial score (nSPS) is 10.0. The number of rotatable bonds is 8. The maximum absolute atomic E-state index is 11.1. The molecular formula is C10H22N2O. The Morgan fingerprint density at radius 3 is 2.62 bits per heavy atom. The highest BCUT2D eigenvalue weighted by Crippen LogP contribution is 1.97. The average Bonchev–Trinajstić information content (AvgIpc) is 2.14. The van der Waals surface area contributed by atoms with E-state index in [0.717, 1.165) is 19.4 Å². The fraction of sp³-hybridized carbons (Fsp3) is 0.900. The number of hydrogen-bond acceptors (Lipinski definition) is 2. The first-order chi connectivity index (χ1) is 6.31. The van der Waals surface area contributed by atoms with E-state index in [9.17, 15) is 4.79 Å². The third-order valence-electron chi connectivity index (χ3n) is 1.96. The molecule has 0 aromatic rings. The average molecular weight is 186 g/mol. The first kappa shape index (κ1) is 12.4. The lowest BCUT2D eigenvalue weighted by Gasteiger charge is -2.03. The Labute approximate surface area is 81.1 Å². The van der Waals surface area contributed by atoms with Crippen LogP contribution in [0.25, 0.3) is 0 Å². The van der Waals surface area contributed by atoms with Crippen LogP contribution in [0.4, 0.5) is 0 Å². The summed E-state index contributed by atoms with van der Waals surface area (Å²) in [4.78, 5) is 11.1. The third kappa shape index (κ3) is 9.34. The van der Waals surface area contributed by atoms with Crippen molar-refractivity contribution in [2.45, 2.75) is 45.4 Å². The van der Waals surface area contributed by atoms with Crippen LogP contribution in [0.2, 0.25) is 0 Å². The highest BCUT2D eigenvalue weighted by atomic mass is 16.1. The fourth-order valence-corrected chi connectivity index (χ4v) is 1.13. The molecule has 0 aliphatic rings. The van der Waals surface area contributed by atoms with Crippen molar-refractivity contribution in [2.24, 2.45) is 5.73 Å². The molecular weight excluding hydrogens is 164 g/mol. The van der Waals surface area contributed by atoms with Crippen molar-refractivity contribution in [1.82, 2.24) is 5.32 Å². The number of nitrogens with one attached hydrogen (secondary N) is 1. The van der Waals surface area contributed by atoms with Crippen molar-refractivity contribution in [3.05, 3.63) is 0 Å². The van der Waals surface area contributed by atoms with E-state index < -0.39 is 0 Å². The van der Waals surface area contributed by atoms with Gasteiger partial charge in [-0.1, -0.05) is 26.2 Å². The number of carbonyl (C=O) groups excluding carboxylic acids is 1. The van der Waals surface area contributed by atoms with E-state index in [1.807, 2.05) is 0 Å². The highest BCUT2D eigenvalue weighted by Gasteiger charge is 1.98. The second-order valence-corrected chi connectivity index (χ2v) is 3.30. The first-order valence-corrected chi connectivity index (χ1v) is 5.28. The Bertz CT molecular complexity index is 126. The molecule has 13 heavy (non-hydrogen) atoms. The van der Waals surface area contributed by atoms with Gasteiger partial charge in [0.1, 0.15) is 0 Å². The van der Waals surface area contributed by atoms with Crippen LogP contribution in [0.5, 0.6) is 0 Å². The van der Waals surface area contributed by atoms with Crippen molar-refractivity contribution in [3.63, 3.8) is 0 Å². The van der Waals surface area contributed by atoms with Gasteiger partial charge in [-0.15, -0.1) is 0 Å².